The van der Waals surface area contributed by atoms with Crippen LogP contribution in [0.15, 0.2) is 30.3 Å². The van der Waals surface area contributed by atoms with Crippen molar-refractivity contribution in [3.8, 4) is 5.75 Å². The minimum absolute atomic E-state index is 0.0234. The first kappa shape index (κ1) is 23.2. The quantitative estimate of drug-likeness (QED) is 0.568. The van der Waals surface area contributed by atoms with E-state index in [1.807, 2.05) is 45.0 Å². The number of aryl methyl sites for hydroxylation is 2. The number of aliphatic hydroxyl groups excluding tert-OH is 2. The third-order valence-corrected chi connectivity index (χ3v) is 5.52. The van der Waals surface area contributed by atoms with Crippen molar-refractivity contribution in [3.63, 3.8) is 0 Å². The Labute approximate surface area is 184 Å². The number of nitrogens with zero attached hydrogens (tertiary/aromatic N) is 3. The number of nitrogens with one attached hydrogen (secondary N) is 1. The summed E-state index contributed by atoms with van der Waals surface area (Å²) < 4.78 is 5.65. The van der Waals surface area contributed by atoms with Crippen molar-refractivity contribution in [2.24, 2.45) is 0 Å². The molecule has 7 nitrogen and oxygen atoms in total. The van der Waals surface area contributed by atoms with Gasteiger partial charge in [-0.2, -0.15) is 0 Å². The van der Waals surface area contributed by atoms with Gasteiger partial charge in [0.1, 0.15) is 30.1 Å². The molecular weight excluding hydrogens is 392 g/mol. The summed E-state index contributed by atoms with van der Waals surface area (Å²) in [5.41, 5.74) is 2.90. The van der Waals surface area contributed by atoms with Crippen molar-refractivity contribution < 1.29 is 14.9 Å². The molecule has 1 fully saturated rings. The van der Waals surface area contributed by atoms with Crippen LogP contribution in [-0.4, -0.2) is 58.6 Å². The summed E-state index contributed by atoms with van der Waals surface area (Å²) in [7, 11) is 0. The highest BCUT2D eigenvalue weighted by Gasteiger charge is 2.23. The Morgan fingerprint density at radius 2 is 2.03 bits per heavy atom. The van der Waals surface area contributed by atoms with Crippen LogP contribution in [-0.2, 0) is 6.61 Å². The van der Waals surface area contributed by atoms with E-state index in [1.54, 1.807) is 6.07 Å². The molecular formula is C24H34N4O3. The van der Waals surface area contributed by atoms with Gasteiger partial charge in [0.25, 0.3) is 0 Å². The van der Waals surface area contributed by atoms with Crippen LogP contribution in [0.3, 0.4) is 0 Å². The van der Waals surface area contributed by atoms with E-state index < -0.39 is 6.10 Å². The SMILES string of the molecule is C/C=C\c1c(C)nc(C)nc1N1CCC(NCC(O)COc2cccc(CO)c2)CC1. The summed E-state index contributed by atoms with van der Waals surface area (Å²) in [5.74, 6) is 2.47. The highest BCUT2D eigenvalue weighted by molar-refractivity contribution is 5.66. The minimum atomic E-state index is -0.593. The van der Waals surface area contributed by atoms with Crippen LogP contribution in [0.25, 0.3) is 6.08 Å². The smallest absolute Gasteiger partial charge is 0.139 e. The highest BCUT2D eigenvalue weighted by Crippen LogP contribution is 2.25. The van der Waals surface area contributed by atoms with E-state index in [4.69, 9.17) is 9.72 Å². The Bertz CT molecular complexity index is 879. The number of rotatable bonds is 9. The average Bonchev–Trinajstić information content (AvgIpc) is 2.78. The zero-order valence-electron chi connectivity index (χ0n) is 18.7. The van der Waals surface area contributed by atoms with Crippen molar-refractivity contribution in [2.45, 2.75) is 52.4 Å². The molecule has 3 rings (SSSR count). The number of piperidine rings is 1. The molecule has 168 valence electrons. The molecule has 0 bridgehead atoms. The van der Waals surface area contributed by atoms with E-state index >= 15 is 0 Å². The van der Waals surface area contributed by atoms with Crippen LogP contribution in [0, 0.1) is 13.8 Å². The summed E-state index contributed by atoms with van der Waals surface area (Å²) in [6.45, 7) is 8.49. The third kappa shape index (κ3) is 6.50. The highest BCUT2D eigenvalue weighted by atomic mass is 16.5. The molecule has 31 heavy (non-hydrogen) atoms. The van der Waals surface area contributed by atoms with Gasteiger partial charge in [0.05, 0.1) is 12.3 Å². The van der Waals surface area contributed by atoms with Gasteiger partial charge in [-0.3, -0.25) is 0 Å². The summed E-state index contributed by atoms with van der Waals surface area (Å²) in [5, 5.41) is 23.0. The lowest BCUT2D eigenvalue weighted by Crippen LogP contribution is -2.45. The van der Waals surface area contributed by atoms with Crippen LogP contribution >= 0.6 is 0 Å². The van der Waals surface area contributed by atoms with Gasteiger partial charge in [-0.1, -0.05) is 24.3 Å². The van der Waals surface area contributed by atoms with Crippen LogP contribution in [0.1, 0.15) is 42.4 Å². The molecule has 1 aromatic heterocycles. The number of ether oxygens (including phenoxy) is 1. The summed E-state index contributed by atoms with van der Waals surface area (Å²) >= 11 is 0. The lowest BCUT2D eigenvalue weighted by atomic mass is 10.0. The lowest BCUT2D eigenvalue weighted by Gasteiger charge is -2.34. The molecule has 1 atom stereocenters. The van der Waals surface area contributed by atoms with Crippen LogP contribution in [0.5, 0.6) is 5.75 Å². The molecule has 1 unspecified atom stereocenters. The van der Waals surface area contributed by atoms with Crippen LogP contribution < -0.4 is 15.0 Å². The van der Waals surface area contributed by atoms with Crippen molar-refractivity contribution in [2.75, 3.05) is 31.1 Å². The molecule has 1 aromatic carbocycles. The minimum Gasteiger partial charge on any atom is -0.491 e. The van der Waals surface area contributed by atoms with E-state index in [2.05, 4.69) is 21.3 Å². The van der Waals surface area contributed by atoms with Crippen molar-refractivity contribution in [1.29, 1.82) is 0 Å². The maximum Gasteiger partial charge on any atom is 0.139 e. The van der Waals surface area contributed by atoms with Crippen molar-refractivity contribution in [1.82, 2.24) is 15.3 Å². The number of aromatic nitrogens is 2. The van der Waals surface area contributed by atoms with Gasteiger partial charge in [-0.25, -0.2) is 9.97 Å². The van der Waals surface area contributed by atoms with Gasteiger partial charge in [0.2, 0.25) is 0 Å². The monoisotopic (exact) mass is 426 g/mol. The number of anilines is 1. The van der Waals surface area contributed by atoms with Crippen LogP contribution in [0.2, 0.25) is 0 Å². The topological polar surface area (TPSA) is 90.7 Å². The van der Waals surface area contributed by atoms with Gasteiger partial charge >= 0.3 is 0 Å². The maximum atomic E-state index is 10.3. The van der Waals surface area contributed by atoms with Gasteiger partial charge < -0.3 is 25.2 Å². The molecule has 0 radical (unpaired) electrons. The van der Waals surface area contributed by atoms with E-state index in [0.29, 0.717) is 18.3 Å². The zero-order valence-corrected chi connectivity index (χ0v) is 18.7. The fourth-order valence-electron chi connectivity index (χ4n) is 3.89. The number of aliphatic hydroxyl groups is 2. The molecule has 7 heteroatoms. The molecule has 0 amide bonds. The number of hydrogen-bond donors (Lipinski definition) is 3. The molecule has 1 aliphatic heterocycles. The second kappa shape index (κ2) is 11.2. The van der Waals surface area contributed by atoms with E-state index in [-0.39, 0.29) is 13.2 Å². The number of allylic oxidation sites excluding steroid dienone is 1. The molecule has 0 saturated carbocycles. The standard InChI is InChI=1S/C24H34N4O3/c1-4-6-23-17(2)26-18(3)27-24(23)28-11-9-20(10-12-28)25-14-21(30)16-31-22-8-5-7-19(13-22)15-29/h4-8,13,20-21,25,29-30H,9-12,14-16H2,1-3H3/b6-4-. The first-order chi connectivity index (χ1) is 15.0. The first-order valence-electron chi connectivity index (χ1n) is 11.0. The Kier molecular flexibility index (Phi) is 8.40. The molecule has 0 aliphatic carbocycles. The molecule has 2 heterocycles. The van der Waals surface area contributed by atoms with Gasteiger partial charge in [0.15, 0.2) is 0 Å². The van der Waals surface area contributed by atoms with Crippen LogP contribution in [0.4, 0.5) is 5.82 Å². The lowest BCUT2D eigenvalue weighted by molar-refractivity contribution is 0.102. The van der Waals surface area contributed by atoms with Gasteiger partial charge in [0, 0.05) is 31.2 Å². The predicted molar refractivity (Wildman–Crippen MR) is 123 cm³/mol. The second-order valence-corrected chi connectivity index (χ2v) is 8.03. The second-order valence-electron chi connectivity index (χ2n) is 8.03. The third-order valence-electron chi connectivity index (χ3n) is 5.52. The molecule has 3 N–H and O–H groups in total. The van der Waals surface area contributed by atoms with Gasteiger partial charge in [-0.15, -0.1) is 0 Å². The Balaban J connectivity index is 1.46. The van der Waals surface area contributed by atoms with E-state index in [1.165, 1.54) is 0 Å². The molecule has 2 aromatic rings. The maximum absolute atomic E-state index is 10.3. The van der Waals surface area contributed by atoms with E-state index in [0.717, 1.165) is 54.4 Å². The normalized spacial score (nSPS) is 16.1. The number of benzene rings is 1. The molecule has 1 saturated heterocycles. The van der Waals surface area contributed by atoms with E-state index in [9.17, 15) is 10.2 Å². The predicted octanol–water partition coefficient (Wildman–Crippen LogP) is 2.62. The number of hydrogen-bond acceptors (Lipinski definition) is 7. The van der Waals surface area contributed by atoms with Crippen molar-refractivity contribution >= 4 is 11.9 Å². The summed E-state index contributed by atoms with van der Waals surface area (Å²) in [6.07, 6.45) is 5.50. The fourth-order valence-corrected chi connectivity index (χ4v) is 3.89. The Morgan fingerprint density at radius 1 is 1.26 bits per heavy atom. The molecule has 0 spiro atoms. The summed E-state index contributed by atoms with van der Waals surface area (Å²) in [6, 6.07) is 7.64. The van der Waals surface area contributed by atoms with Gasteiger partial charge in [-0.05, 0) is 51.3 Å². The Hall–Kier alpha value is -2.48. The largest absolute Gasteiger partial charge is 0.491 e. The fraction of sp³-hybridized carbons (Fsp3) is 0.500. The van der Waals surface area contributed by atoms with Crippen molar-refractivity contribution in [3.05, 3.63) is 53.0 Å². The Morgan fingerprint density at radius 3 is 2.74 bits per heavy atom. The first-order valence-corrected chi connectivity index (χ1v) is 11.0. The molecule has 1 aliphatic rings. The zero-order chi connectivity index (χ0) is 22.2. The summed E-state index contributed by atoms with van der Waals surface area (Å²) in [4.78, 5) is 11.6. The average molecular weight is 427 g/mol.